The average molecular weight is 415 g/mol. The topological polar surface area (TPSA) is 57.2 Å². The summed E-state index contributed by atoms with van der Waals surface area (Å²) in [4.78, 5) is 15.1. The molecule has 0 aromatic heterocycles. The van der Waals surface area contributed by atoms with Crippen molar-refractivity contribution in [1.29, 1.82) is 0 Å². The number of ether oxygens (including phenoxy) is 4. The molecular formula is C20H17NO5S2. The number of rotatable bonds is 5. The highest BCUT2D eigenvalue weighted by Crippen LogP contribution is 2.37. The van der Waals surface area contributed by atoms with E-state index in [0.717, 1.165) is 11.1 Å². The first-order valence-corrected chi connectivity index (χ1v) is 9.67. The molecule has 2 aliphatic heterocycles. The van der Waals surface area contributed by atoms with Crippen molar-refractivity contribution in [2.24, 2.45) is 0 Å². The Morgan fingerprint density at radius 3 is 2.75 bits per heavy atom. The van der Waals surface area contributed by atoms with Gasteiger partial charge >= 0.3 is 0 Å². The molecule has 2 aliphatic rings. The molecule has 8 heteroatoms. The van der Waals surface area contributed by atoms with Crippen LogP contribution in [0.1, 0.15) is 11.1 Å². The van der Waals surface area contributed by atoms with Crippen LogP contribution in [-0.4, -0.2) is 36.1 Å². The highest BCUT2D eigenvalue weighted by molar-refractivity contribution is 8.26. The Hall–Kier alpha value is -2.71. The Balaban J connectivity index is 1.58. The van der Waals surface area contributed by atoms with Crippen LogP contribution in [0.25, 0.3) is 6.08 Å². The smallest absolute Gasteiger partial charge is 0.266 e. The quantitative estimate of drug-likeness (QED) is 0.543. The second-order valence-electron chi connectivity index (χ2n) is 6.06. The maximum atomic E-state index is 12.9. The van der Waals surface area contributed by atoms with Crippen LogP contribution >= 0.6 is 24.0 Å². The van der Waals surface area contributed by atoms with Crippen molar-refractivity contribution in [3.05, 3.63) is 52.4 Å². The van der Waals surface area contributed by atoms with E-state index in [1.807, 2.05) is 24.3 Å². The molecule has 0 spiro atoms. The van der Waals surface area contributed by atoms with E-state index in [2.05, 4.69) is 0 Å². The predicted octanol–water partition coefficient (Wildman–Crippen LogP) is 3.83. The molecule has 0 aliphatic carbocycles. The van der Waals surface area contributed by atoms with Crippen LogP contribution in [0.5, 0.6) is 23.0 Å². The van der Waals surface area contributed by atoms with Crippen LogP contribution in [0.3, 0.4) is 0 Å². The van der Waals surface area contributed by atoms with Gasteiger partial charge in [-0.15, -0.1) is 0 Å². The SMILES string of the molecule is COc1ccc(OC)c(/C=C2\SC(=S)N(Cc3ccc4c(c3)OCO4)C2=O)c1. The van der Waals surface area contributed by atoms with E-state index in [4.69, 9.17) is 31.2 Å². The molecule has 4 rings (SSSR count). The lowest BCUT2D eigenvalue weighted by molar-refractivity contribution is -0.122. The zero-order valence-electron chi connectivity index (χ0n) is 15.3. The lowest BCUT2D eigenvalue weighted by Gasteiger charge is -2.14. The number of methoxy groups -OCH3 is 2. The molecule has 28 heavy (non-hydrogen) atoms. The molecule has 0 N–H and O–H groups in total. The second kappa shape index (κ2) is 7.73. The highest BCUT2D eigenvalue weighted by atomic mass is 32.2. The molecule has 1 saturated heterocycles. The van der Waals surface area contributed by atoms with Crippen molar-refractivity contribution in [3.8, 4) is 23.0 Å². The molecule has 1 amide bonds. The summed E-state index contributed by atoms with van der Waals surface area (Å²) >= 11 is 6.71. The summed E-state index contributed by atoms with van der Waals surface area (Å²) in [6, 6.07) is 11.0. The maximum absolute atomic E-state index is 12.9. The van der Waals surface area contributed by atoms with Crippen molar-refractivity contribution >= 4 is 40.3 Å². The van der Waals surface area contributed by atoms with Gasteiger partial charge in [0.05, 0.1) is 25.7 Å². The van der Waals surface area contributed by atoms with Gasteiger partial charge in [-0.05, 0) is 42.0 Å². The second-order valence-corrected chi connectivity index (χ2v) is 7.74. The molecular weight excluding hydrogens is 398 g/mol. The number of thiocarbonyl (C=S) groups is 1. The number of hydrogen-bond donors (Lipinski definition) is 0. The van der Waals surface area contributed by atoms with Crippen molar-refractivity contribution < 1.29 is 23.7 Å². The Labute approximate surface area is 172 Å². The van der Waals surface area contributed by atoms with E-state index >= 15 is 0 Å². The molecule has 2 aromatic rings. The summed E-state index contributed by atoms with van der Waals surface area (Å²) in [5.74, 6) is 2.58. The Kier molecular flexibility index (Phi) is 5.15. The lowest BCUT2D eigenvalue weighted by Crippen LogP contribution is -2.27. The minimum atomic E-state index is -0.141. The van der Waals surface area contributed by atoms with Gasteiger partial charge in [-0.1, -0.05) is 30.0 Å². The molecule has 0 atom stereocenters. The van der Waals surface area contributed by atoms with Crippen LogP contribution in [0.15, 0.2) is 41.3 Å². The van der Waals surface area contributed by atoms with Gasteiger partial charge in [0, 0.05) is 5.56 Å². The Morgan fingerprint density at radius 1 is 1.14 bits per heavy atom. The van der Waals surface area contributed by atoms with Gasteiger partial charge in [0.15, 0.2) is 11.5 Å². The number of fused-ring (bicyclic) bond motifs is 1. The van der Waals surface area contributed by atoms with Crippen LogP contribution < -0.4 is 18.9 Å². The number of benzene rings is 2. The fourth-order valence-corrected chi connectivity index (χ4v) is 4.20. The normalized spacial score (nSPS) is 16.8. The molecule has 6 nitrogen and oxygen atoms in total. The minimum Gasteiger partial charge on any atom is -0.497 e. The molecule has 0 unspecified atom stereocenters. The van der Waals surface area contributed by atoms with Crippen LogP contribution in [0.4, 0.5) is 0 Å². The third-order valence-corrected chi connectivity index (χ3v) is 5.75. The van der Waals surface area contributed by atoms with Crippen molar-refractivity contribution in [2.45, 2.75) is 6.54 Å². The number of thioether (sulfide) groups is 1. The fraction of sp³-hybridized carbons (Fsp3) is 0.200. The monoisotopic (exact) mass is 415 g/mol. The van der Waals surface area contributed by atoms with E-state index in [-0.39, 0.29) is 12.7 Å². The van der Waals surface area contributed by atoms with E-state index in [9.17, 15) is 4.79 Å². The van der Waals surface area contributed by atoms with Gasteiger partial charge in [0.2, 0.25) is 6.79 Å². The van der Waals surface area contributed by atoms with E-state index in [1.54, 1.807) is 37.3 Å². The van der Waals surface area contributed by atoms with Crippen molar-refractivity contribution in [2.75, 3.05) is 21.0 Å². The number of hydrogen-bond acceptors (Lipinski definition) is 7. The first kappa shape index (κ1) is 18.6. The summed E-state index contributed by atoms with van der Waals surface area (Å²) in [5, 5.41) is 0. The standard InChI is InChI=1S/C20H17NO5S2/c1-23-14-4-6-15(24-2)13(8-14)9-18-19(22)21(20(27)28-18)10-12-3-5-16-17(7-12)26-11-25-16/h3-9H,10-11H2,1-2H3/b18-9-. The number of carbonyl (C=O) groups excluding carboxylic acids is 1. The van der Waals surface area contributed by atoms with Gasteiger partial charge in [0.25, 0.3) is 5.91 Å². The van der Waals surface area contributed by atoms with E-state index in [0.29, 0.717) is 38.8 Å². The summed E-state index contributed by atoms with van der Waals surface area (Å²) in [6.07, 6.45) is 1.78. The average Bonchev–Trinajstić information content (AvgIpc) is 3.27. The summed E-state index contributed by atoms with van der Waals surface area (Å²) in [6.45, 7) is 0.582. The van der Waals surface area contributed by atoms with Gasteiger partial charge in [0.1, 0.15) is 15.8 Å². The third kappa shape index (κ3) is 3.53. The minimum absolute atomic E-state index is 0.141. The molecule has 1 fully saturated rings. The lowest BCUT2D eigenvalue weighted by atomic mass is 10.1. The molecule has 0 saturated carbocycles. The van der Waals surface area contributed by atoms with Crippen molar-refractivity contribution in [3.63, 3.8) is 0 Å². The first-order valence-electron chi connectivity index (χ1n) is 8.45. The molecule has 0 radical (unpaired) electrons. The molecule has 144 valence electrons. The molecule has 2 heterocycles. The van der Waals surface area contributed by atoms with E-state index < -0.39 is 0 Å². The summed E-state index contributed by atoms with van der Waals surface area (Å²) < 4.78 is 21.9. The van der Waals surface area contributed by atoms with E-state index in [1.165, 1.54) is 11.8 Å². The zero-order valence-corrected chi connectivity index (χ0v) is 16.9. The summed E-state index contributed by atoms with van der Waals surface area (Å²) in [5.41, 5.74) is 1.67. The zero-order chi connectivity index (χ0) is 19.7. The first-order chi connectivity index (χ1) is 13.6. The number of nitrogens with zero attached hydrogens (tertiary/aromatic N) is 1. The fourth-order valence-electron chi connectivity index (χ4n) is 2.95. The van der Waals surface area contributed by atoms with Gasteiger partial charge < -0.3 is 18.9 Å². The highest BCUT2D eigenvalue weighted by Gasteiger charge is 2.32. The van der Waals surface area contributed by atoms with Gasteiger partial charge in [-0.3, -0.25) is 9.69 Å². The van der Waals surface area contributed by atoms with Crippen LogP contribution in [-0.2, 0) is 11.3 Å². The largest absolute Gasteiger partial charge is 0.497 e. The third-order valence-electron chi connectivity index (χ3n) is 4.37. The number of amides is 1. The van der Waals surface area contributed by atoms with Crippen LogP contribution in [0, 0.1) is 0 Å². The Bertz CT molecular complexity index is 989. The van der Waals surface area contributed by atoms with Gasteiger partial charge in [-0.25, -0.2) is 0 Å². The van der Waals surface area contributed by atoms with Crippen LogP contribution in [0.2, 0.25) is 0 Å². The van der Waals surface area contributed by atoms with Crippen molar-refractivity contribution in [1.82, 2.24) is 4.90 Å². The number of carbonyl (C=O) groups is 1. The van der Waals surface area contributed by atoms with Gasteiger partial charge in [-0.2, -0.15) is 0 Å². The Morgan fingerprint density at radius 2 is 1.96 bits per heavy atom. The predicted molar refractivity (Wildman–Crippen MR) is 111 cm³/mol. The maximum Gasteiger partial charge on any atom is 0.266 e. The summed E-state index contributed by atoms with van der Waals surface area (Å²) in [7, 11) is 3.18. The molecule has 0 bridgehead atoms. The molecule has 2 aromatic carbocycles.